The van der Waals surface area contributed by atoms with Gasteiger partial charge in [-0.1, -0.05) is 33.8 Å². The SMILES string of the molecule is CC.CCC(=O)C(c1ccc2sc(C)nc2c1)N(C)C.CCC(=O)C(c1ccsc1)N(C)C. The van der Waals surface area contributed by atoms with Crippen LogP contribution < -0.4 is 0 Å². The van der Waals surface area contributed by atoms with Gasteiger partial charge in [0.2, 0.25) is 0 Å². The molecule has 1 aromatic carbocycles. The lowest BCUT2D eigenvalue weighted by molar-refractivity contribution is -0.124. The predicted molar refractivity (Wildman–Crippen MR) is 143 cm³/mol. The molecule has 0 aliphatic carbocycles. The first-order valence-corrected chi connectivity index (χ1v) is 13.2. The van der Waals surface area contributed by atoms with Crippen molar-refractivity contribution in [2.24, 2.45) is 0 Å². The van der Waals surface area contributed by atoms with Gasteiger partial charge in [0.15, 0.2) is 11.6 Å². The van der Waals surface area contributed by atoms with Gasteiger partial charge in [0.1, 0.15) is 0 Å². The zero-order chi connectivity index (χ0) is 25.1. The van der Waals surface area contributed by atoms with Crippen molar-refractivity contribution in [3.63, 3.8) is 0 Å². The van der Waals surface area contributed by atoms with E-state index in [1.807, 2.05) is 102 Å². The largest absolute Gasteiger partial charge is 0.298 e. The number of fused-ring (bicyclic) bond motifs is 1. The van der Waals surface area contributed by atoms with Gasteiger partial charge in [-0.05, 0) is 75.2 Å². The van der Waals surface area contributed by atoms with E-state index in [1.54, 1.807) is 22.7 Å². The molecule has 182 valence electrons. The highest BCUT2D eigenvalue weighted by molar-refractivity contribution is 7.18. The molecular weight excluding hydrogens is 450 g/mol. The minimum Gasteiger partial charge on any atom is -0.298 e. The number of ketones is 2. The highest BCUT2D eigenvalue weighted by atomic mass is 32.1. The number of aryl methyl sites for hydroxylation is 1. The minimum absolute atomic E-state index is 0.0590. The Balaban J connectivity index is 0.000000322. The summed E-state index contributed by atoms with van der Waals surface area (Å²) in [5.41, 5.74) is 3.14. The van der Waals surface area contributed by atoms with Crippen LogP contribution in [0.25, 0.3) is 10.2 Å². The highest BCUT2D eigenvalue weighted by Crippen LogP contribution is 2.27. The number of hydrogen-bond donors (Lipinski definition) is 0. The van der Waals surface area contributed by atoms with Crippen molar-refractivity contribution in [2.75, 3.05) is 28.2 Å². The van der Waals surface area contributed by atoms with Crippen molar-refractivity contribution >= 4 is 44.5 Å². The highest BCUT2D eigenvalue weighted by Gasteiger charge is 2.22. The minimum atomic E-state index is -0.165. The number of benzene rings is 1. The average Bonchev–Trinajstić information content (AvgIpc) is 3.43. The predicted octanol–water partition coefficient (Wildman–Crippen LogP) is 6.54. The molecule has 0 spiro atoms. The summed E-state index contributed by atoms with van der Waals surface area (Å²) in [6.07, 6.45) is 1.15. The number of carbonyl (C=O) groups excluding carboxylic acids is 2. The van der Waals surface area contributed by atoms with Crippen LogP contribution in [0.5, 0.6) is 0 Å². The maximum atomic E-state index is 12.0. The van der Waals surface area contributed by atoms with Gasteiger partial charge in [-0.3, -0.25) is 19.4 Å². The number of Topliss-reactive ketones (excluding diaryl/α,β-unsaturated/α-hetero) is 2. The smallest absolute Gasteiger partial charge is 0.154 e. The van der Waals surface area contributed by atoms with Gasteiger partial charge >= 0.3 is 0 Å². The molecule has 0 N–H and O–H groups in total. The second-order valence-electron chi connectivity index (χ2n) is 7.89. The van der Waals surface area contributed by atoms with Crippen molar-refractivity contribution < 1.29 is 9.59 Å². The van der Waals surface area contributed by atoms with Crippen molar-refractivity contribution in [2.45, 2.75) is 59.5 Å². The van der Waals surface area contributed by atoms with Gasteiger partial charge in [-0.2, -0.15) is 11.3 Å². The van der Waals surface area contributed by atoms with E-state index in [0.717, 1.165) is 21.7 Å². The van der Waals surface area contributed by atoms with E-state index in [4.69, 9.17) is 0 Å². The number of rotatable bonds is 8. The Bertz CT molecular complexity index is 994. The van der Waals surface area contributed by atoms with Gasteiger partial charge < -0.3 is 0 Å². The molecule has 2 heterocycles. The third-order valence-electron chi connectivity index (χ3n) is 5.03. The van der Waals surface area contributed by atoms with Crippen LogP contribution in [0.4, 0.5) is 0 Å². The van der Waals surface area contributed by atoms with Crippen LogP contribution in [0.3, 0.4) is 0 Å². The van der Waals surface area contributed by atoms with Crippen molar-refractivity contribution in [1.82, 2.24) is 14.8 Å². The monoisotopic (exact) mass is 489 g/mol. The van der Waals surface area contributed by atoms with E-state index >= 15 is 0 Å². The van der Waals surface area contributed by atoms with E-state index in [0.29, 0.717) is 12.8 Å². The Morgan fingerprint density at radius 1 is 0.909 bits per heavy atom. The fourth-order valence-corrected chi connectivity index (χ4v) is 5.08. The Morgan fingerprint density at radius 3 is 1.91 bits per heavy atom. The lowest BCUT2D eigenvalue weighted by Crippen LogP contribution is -2.27. The first-order valence-electron chi connectivity index (χ1n) is 11.5. The van der Waals surface area contributed by atoms with E-state index in [9.17, 15) is 9.59 Å². The Kier molecular flexibility index (Phi) is 12.7. The average molecular weight is 490 g/mol. The second kappa shape index (κ2) is 14.4. The molecule has 0 saturated carbocycles. The zero-order valence-electron chi connectivity index (χ0n) is 21.5. The Morgan fingerprint density at radius 2 is 1.45 bits per heavy atom. The summed E-state index contributed by atoms with van der Waals surface area (Å²) in [4.78, 5) is 32.1. The maximum absolute atomic E-state index is 12.0. The molecule has 0 aliphatic rings. The number of likely N-dealkylation sites (N-methyl/N-ethyl adjacent to an activating group) is 2. The zero-order valence-corrected chi connectivity index (χ0v) is 23.1. The summed E-state index contributed by atoms with van der Waals surface area (Å²) in [5, 5.41) is 5.11. The van der Waals surface area contributed by atoms with Crippen LogP contribution in [-0.4, -0.2) is 54.5 Å². The molecule has 5 nitrogen and oxygen atoms in total. The topological polar surface area (TPSA) is 53.5 Å². The quantitative estimate of drug-likeness (QED) is 0.359. The third kappa shape index (κ3) is 8.10. The van der Waals surface area contributed by atoms with Crippen LogP contribution in [-0.2, 0) is 9.59 Å². The molecule has 0 fully saturated rings. The van der Waals surface area contributed by atoms with Crippen LogP contribution in [0, 0.1) is 6.92 Å². The standard InChI is InChI=1S/C14H18N2OS.C10H15NOS.C2H6/c1-5-12(17)14(16(3)4)10-6-7-13-11(8-10)15-9(2)18-13;1-4-9(12)10(11(2)3)8-5-6-13-7-8;1-2/h6-8,14H,5H2,1-4H3;5-7,10H,4H2,1-3H3;1-2H3. The molecule has 0 saturated heterocycles. The molecule has 3 aromatic rings. The van der Waals surface area contributed by atoms with Crippen LogP contribution >= 0.6 is 22.7 Å². The number of thiazole rings is 1. The molecule has 2 unspecified atom stereocenters. The molecule has 33 heavy (non-hydrogen) atoms. The number of thiophene rings is 1. The van der Waals surface area contributed by atoms with E-state index in [1.165, 1.54) is 4.70 Å². The number of hydrogen-bond acceptors (Lipinski definition) is 7. The Labute approximate surface area is 207 Å². The van der Waals surface area contributed by atoms with Crippen LogP contribution in [0.1, 0.15) is 68.8 Å². The van der Waals surface area contributed by atoms with E-state index in [2.05, 4.69) is 11.1 Å². The number of aromatic nitrogens is 1. The van der Waals surface area contributed by atoms with Crippen molar-refractivity contribution in [1.29, 1.82) is 0 Å². The van der Waals surface area contributed by atoms with Gasteiger partial charge in [0.25, 0.3) is 0 Å². The maximum Gasteiger partial charge on any atom is 0.154 e. The fraction of sp³-hybridized carbons (Fsp3) is 0.500. The summed E-state index contributed by atoms with van der Waals surface area (Å²) >= 11 is 3.32. The molecular formula is C26H39N3O2S2. The fourth-order valence-electron chi connectivity index (χ4n) is 3.59. The second-order valence-corrected chi connectivity index (χ2v) is 9.90. The lowest BCUT2D eigenvalue weighted by atomic mass is 10.00. The molecule has 2 aromatic heterocycles. The normalized spacial score (nSPS) is 12.6. The molecule has 2 atom stereocenters. The van der Waals surface area contributed by atoms with Gasteiger partial charge in [0, 0.05) is 12.8 Å². The summed E-state index contributed by atoms with van der Waals surface area (Å²) in [5.74, 6) is 0.523. The molecule has 0 amide bonds. The summed E-state index contributed by atoms with van der Waals surface area (Å²) in [6.45, 7) is 9.82. The van der Waals surface area contributed by atoms with Crippen LogP contribution in [0.2, 0.25) is 0 Å². The van der Waals surface area contributed by atoms with Gasteiger partial charge in [-0.25, -0.2) is 4.98 Å². The Hall–Kier alpha value is -1.93. The lowest BCUT2D eigenvalue weighted by Gasteiger charge is -2.22. The summed E-state index contributed by atoms with van der Waals surface area (Å²) in [7, 11) is 7.76. The van der Waals surface area contributed by atoms with Gasteiger partial charge in [0.05, 0.1) is 27.3 Å². The van der Waals surface area contributed by atoms with Crippen molar-refractivity contribution in [3.8, 4) is 0 Å². The third-order valence-corrected chi connectivity index (χ3v) is 6.69. The molecule has 0 bridgehead atoms. The number of carbonyl (C=O) groups is 2. The van der Waals surface area contributed by atoms with Crippen LogP contribution in [0.15, 0.2) is 35.0 Å². The first kappa shape index (κ1) is 29.1. The van der Waals surface area contributed by atoms with E-state index in [-0.39, 0.29) is 23.7 Å². The molecule has 0 radical (unpaired) electrons. The molecule has 3 rings (SSSR count). The molecule has 0 aliphatic heterocycles. The van der Waals surface area contributed by atoms with Crippen molar-refractivity contribution in [3.05, 3.63) is 51.2 Å². The number of nitrogens with zero attached hydrogens (tertiary/aromatic N) is 3. The first-order chi connectivity index (χ1) is 15.7. The van der Waals surface area contributed by atoms with E-state index < -0.39 is 0 Å². The summed E-state index contributed by atoms with van der Waals surface area (Å²) < 4.78 is 1.18. The van der Waals surface area contributed by atoms with Gasteiger partial charge in [-0.15, -0.1) is 11.3 Å². The molecule has 7 heteroatoms. The summed E-state index contributed by atoms with van der Waals surface area (Å²) in [6, 6.07) is 7.94.